The summed E-state index contributed by atoms with van der Waals surface area (Å²) in [6.45, 7) is 1.97. The maximum Gasteiger partial charge on any atom is 0.126 e. The molecule has 6 rings (SSSR count). The quantitative estimate of drug-likeness (QED) is 0.284. The van der Waals surface area contributed by atoms with Crippen LogP contribution in [0.1, 0.15) is 5.82 Å². The molecule has 0 atom stereocenters. The van der Waals surface area contributed by atoms with Crippen LogP contribution in [0.3, 0.4) is 0 Å². The van der Waals surface area contributed by atoms with Crippen molar-refractivity contribution < 1.29 is 0 Å². The van der Waals surface area contributed by atoms with Gasteiger partial charge in [0.05, 0.1) is 11.4 Å². The first-order chi connectivity index (χ1) is 15.8. The molecule has 2 nitrogen and oxygen atoms in total. The van der Waals surface area contributed by atoms with E-state index in [-0.39, 0.29) is 0 Å². The molecule has 0 radical (unpaired) electrons. The zero-order valence-corrected chi connectivity index (χ0v) is 18.4. The highest BCUT2D eigenvalue weighted by atomic mass is 32.1. The molecule has 0 aliphatic rings. The molecule has 3 heteroatoms. The van der Waals surface area contributed by atoms with Crippen molar-refractivity contribution >= 4 is 31.5 Å². The van der Waals surface area contributed by atoms with Gasteiger partial charge in [0.25, 0.3) is 0 Å². The molecule has 0 aliphatic carbocycles. The van der Waals surface area contributed by atoms with E-state index in [0.717, 1.165) is 28.3 Å². The molecule has 0 bridgehead atoms. The number of aryl methyl sites for hydroxylation is 1. The molecule has 2 heterocycles. The summed E-state index contributed by atoms with van der Waals surface area (Å²) in [5.41, 5.74) is 6.59. The molecular weight excluding hydrogens is 408 g/mol. The van der Waals surface area contributed by atoms with Crippen LogP contribution < -0.4 is 0 Å². The van der Waals surface area contributed by atoms with Crippen molar-refractivity contribution in [2.45, 2.75) is 6.92 Å². The lowest BCUT2D eigenvalue weighted by Crippen LogP contribution is -1.95. The molecular formula is C29H20N2S. The Morgan fingerprint density at radius 1 is 0.562 bits per heavy atom. The Kier molecular flexibility index (Phi) is 4.55. The zero-order chi connectivity index (χ0) is 21.5. The second kappa shape index (κ2) is 7.70. The first kappa shape index (κ1) is 18.9. The van der Waals surface area contributed by atoms with Gasteiger partial charge >= 0.3 is 0 Å². The lowest BCUT2D eigenvalue weighted by molar-refractivity contribution is 1.06. The summed E-state index contributed by atoms with van der Waals surface area (Å²) in [7, 11) is 0. The Morgan fingerprint density at radius 2 is 1.22 bits per heavy atom. The molecule has 6 aromatic rings. The maximum atomic E-state index is 4.82. The van der Waals surface area contributed by atoms with Crippen LogP contribution in [0.4, 0.5) is 0 Å². The van der Waals surface area contributed by atoms with Gasteiger partial charge in [0, 0.05) is 31.3 Å². The van der Waals surface area contributed by atoms with Gasteiger partial charge in [-0.15, -0.1) is 11.3 Å². The minimum absolute atomic E-state index is 0.779. The van der Waals surface area contributed by atoms with E-state index in [1.165, 1.54) is 31.3 Å². The largest absolute Gasteiger partial charge is 0.233 e. The second-order valence-electron chi connectivity index (χ2n) is 7.91. The highest BCUT2D eigenvalue weighted by molar-refractivity contribution is 7.25. The number of aromatic nitrogens is 2. The summed E-state index contributed by atoms with van der Waals surface area (Å²) in [5, 5.41) is 2.56. The van der Waals surface area contributed by atoms with E-state index in [1.807, 2.05) is 24.3 Å². The monoisotopic (exact) mass is 428 g/mol. The highest BCUT2D eigenvalue weighted by Crippen LogP contribution is 2.39. The summed E-state index contributed by atoms with van der Waals surface area (Å²) in [4.78, 5) is 9.58. The molecule has 0 spiro atoms. The molecule has 0 amide bonds. The van der Waals surface area contributed by atoms with Crippen LogP contribution in [0.5, 0.6) is 0 Å². The average molecular weight is 429 g/mol. The Hall–Kier alpha value is -3.82. The Morgan fingerprint density at radius 3 is 2.06 bits per heavy atom. The van der Waals surface area contributed by atoms with Crippen LogP contribution in [-0.4, -0.2) is 9.97 Å². The molecule has 0 unspecified atom stereocenters. The summed E-state index contributed by atoms with van der Waals surface area (Å²) >= 11 is 1.83. The topological polar surface area (TPSA) is 25.8 Å². The van der Waals surface area contributed by atoms with Gasteiger partial charge in [0.15, 0.2) is 0 Å². The fourth-order valence-electron chi connectivity index (χ4n) is 4.31. The molecule has 0 N–H and O–H groups in total. The van der Waals surface area contributed by atoms with Crippen molar-refractivity contribution in [1.82, 2.24) is 9.97 Å². The number of fused-ring (bicyclic) bond motifs is 3. The summed E-state index contributed by atoms with van der Waals surface area (Å²) in [5.74, 6) is 0.779. The molecule has 4 aromatic carbocycles. The van der Waals surface area contributed by atoms with Gasteiger partial charge in [0.2, 0.25) is 0 Å². The van der Waals surface area contributed by atoms with Crippen molar-refractivity contribution in [1.29, 1.82) is 0 Å². The lowest BCUT2D eigenvalue weighted by atomic mass is 10.0. The first-order valence-electron chi connectivity index (χ1n) is 10.7. The first-order valence-corrected chi connectivity index (χ1v) is 11.5. The third-order valence-electron chi connectivity index (χ3n) is 5.80. The normalized spacial score (nSPS) is 11.3. The van der Waals surface area contributed by atoms with Crippen LogP contribution >= 0.6 is 11.3 Å². The van der Waals surface area contributed by atoms with Crippen LogP contribution in [0, 0.1) is 6.92 Å². The minimum Gasteiger partial charge on any atom is -0.233 e. The number of benzene rings is 4. The van der Waals surface area contributed by atoms with Gasteiger partial charge in [-0.1, -0.05) is 84.9 Å². The third kappa shape index (κ3) is 3.28. The van der Waals surface area contributed by atoms with E-state index >= 15 is 0 Å². The molecule has 0 aliphatic heterocycles. The van der Waals surface area contributed by atoms with Crippen LogP contribution in [-0.2, 0) is 0 Å². The highest BCUT2D eigenvalue weighted by Gasteiger charge is 2.13. The number of hydrogen-bond acceptors (Lipinski definition) is 3. The van der Waals surface area contributed by atoms with Gasteiger partial charge < -0.3 is 0 Å². The fourth-order valence-corrected chi connectivity index (χ4v) is 5.44. The second-order valence-corrected chi connectivity index (χ2v) is 8.99. The SMILES string of the molecule is Cc1nc(-c2ccc(-c3ccccc3)cc2)cc(-c2cccc3sc4ccccc4c23)n1. The lowest BCUT2D eigenvalue weighted by Gasteiger charge is -2.09. The van der Waals surface area contributed by atoms with E-state index in [1.54, 1.807) is 0 Å². The predicted octanol–water partition coefficient (Wildman–Crippen LogP) is 8.15. The summed E-state index contributed by atoms with van der Waals surface area (Å²) in [6.07, 6.45) is 0. The Balaban J connectivity index is 1.48. The zero-order valence-electron chi connectivity index (χ0n) is 17.6. The van der Waals surface area contributed by atoms with Gasteiger partial charge in [-0.2, -0.15) is 0 Å². The molecule has 152 valence electrons. The minimum atomic E-state index is 0.779. The third-order valence-corrected chi connectivity index (χ3v) is 6.94. The van der Waals surface area contributed by atoms with E-state index in [4.69, 9.17) is 9.97 Å². The van der Waals surface area contributed by atoms with Crippen molar-refractivity contribution in [3.63, 3.8) is 0 Å². The van der Waals surface area contributed by atoms with Gasteiger partial charge in [0.1, 0.15) is 5.82 Å². The predicted molar refractivity (Wildman–Crippen MR) is 136 cm³/mol. The fraction of sp³-hybridized carbons (Fsp3) is 0.0345. The standard InChI is InChI=1S/C29H20N2S/c1-19-30-25(22-16-14-21(15-17-22)20-8-3-2-4-9-20)18-26(31-19)23-11-7-13-28-29(23)24-10-5-6-12-27(24)32-28/h2-18H,1H3. The van der Waals surface area contributed by atoms with Gasteiger partial charge in [-0.3, -0.25) is 0 Å². The van der Waals surface area contributed by atoms with Crippen molar-refractivity contribution in [2.75, 3.05) is 0 Å². The number of nitrogens with zero attached hydrogens (tertiary/aromatic N) is 2. The number of thiophene rings is 1. The Bertz CT molecular complexity index is 1560. The van der Waals surface area contributed by atoms with Crippen molar-refractivity contribution in [3.8, 4) is 33.6 Å². The van der Waals surface area contributed by atoms with Crippen LogP contribution in [0.2, 0.25) is 0 Å². The van der Waals surface area contributed by atoms with E-state index < -0.39 is 0 Å². The van der Waals surface area contributed by atoms with E-state index in [9.17, 15) is 0 Å². The molecule has 0 saturated heterocycles. The average Bonchev–Trinajstić information content (AvgIpc) is 3.23. The van der Waals surface area contributed by atoms with Gasteiger partial charge in [-0.05, 0) is 36.2 Å². The molecule has 32 heavy (non-hydrogen) atoms. The summed E-state index contributed by atoms with van der Waals surface area (Å²) in [6, 6.07) is 36.3. The van der Waals surface area contributed by atoms with Crippen LogP contribution in [0.15, 0.2) is 103 Å². The molecule has 2 aromatic heterocycles. The van der Waals surface area contributed by atoms with Crippen molar-refractivity contribution in [3.05, 3.63) is 109 Å². The number of rotatable bonds is 3. The number of hydrogen-bond donors (Lipinski definition) is 0. The van der Waals surface area contributed by atoms with Crippen LogP contribution in [0.25, 0.3) is 53.8 Å². The summed E-state index contributed by atoms with van der Waals surface area (Å²) < 4.78 is 2.59. The smallest absolute Gasteiger partial charge is 0.126 e. The molecule has 0 fully saturated rings. The van der Waals surface area contributed by atoms with E-state index in [2.05, 4.69) is 97.1 Å². The van der Waals surface area contributed by atoms with Gasteiger partial charge in [-0.25, -0.2) is 9.97 Å². The maximum absolute atomic E-state index is 4.82. The van der Waals surface area contributed by atoms with E-state index in [0.29, 0.717) is 0 Å². The Labute approximate surface area is 190 Å². The molecule has 0 saturated carbocycles. The van der Waals surface area contributed by atoms with Crippen molar-refractivity contribution in [2.24, 2.45) is 0 Å².